The molecular formula is C6H10AgNNa3O12. The third-order valence-corrected chi connectivity index (χ3v) is 1.27. The van der Waals surface area contributed by atoms with Crippen LogP contribution in [0.15, 0.2) is 0 Å². The van der Waals surface area contributed by atoms with E-state index in [9.17, 15) is 24.6 Å². The second kappa shape index (κ2) is 25.5. The summed E-state index contributed by atoms with van der Waals surface area (Å²) in [5.74, 6) is -5.65. The van der Waals surface area contributed by atoms with Crippen LogP contribution < -0.4 is 98.9 Å². The quantitative estimate of drug-likeness (QED) is 0.220. The normalized spacial score (nSPS) is 7.17. The number of aliphatic carboxylic acids is 3. The fourth-order valence-electron chi connectivity index (χ4n) is 0.691. The van der Waals surface area contributed by atoms with Gasteiger partial charge in [-0.25, -0.2) is 4.79 Å². The molecule has 0 heterocycles. The Bertz CT molecular complexity index is 323. The first-order valence-corrected chi connectivity index (χ1v) is 3.68. The van der Waals surface area contributed by atoms with Crippen LogP contribution in [0.5, 0.6) is 0 Å². The zero-order valence-electron chi connectivity index (χ0n) is 12.3. The predicted octanol–water partition coefficient (Wildman–Crippen LogP) is -14.8. The molecule has 0 saturated carbocycles. The van der Waals surface area contributed by atoms with E-state index in [-0.39, 0.29) is 122 Å². The third-order valence-electron chi connectivity index (χ3n) is 1.27. The van der Waals surface area contributed by atoms with Crippen molar-refractivity contribution >= 4 is 17.9 Å². The van der Waals surface area contributed by atoms with Crippen molar-refractivity contribution in [3.8, 4) is 0 Å². The molecule has 125 valence electrons. The van der Waals surface area contributed by atoms with Crippen LogP contribution >= 0.6 is 0 Å². The Morgan fingerprint density at radius 2 is 1.09 bits per heavy atom. The molecule has 0 spiro atoms. The standard InChI is InChI=1S/C6H8O7.Ag.NO3.3Na.2H2O/c7-3(8)1-6(13,5(11)12)2-4(9)10;;2-1(3)4;;;;;/h13H,1-2H2,(H,7,8)(H,9,10)(H,11,12);;;;;;2*1H2/q;;-1;3*+1;;/p-2. The predicted molar refractivity (Wildman–Crippen MR) is 49.4 cm³/mol. The van der Waals surface area contributed by atoms with Crippen molar-refractivity contribution in [1.82, 2.24) is 0 Å². The van der Waals surface area contributed by atoms with Gasteiger partial charge in [0.05, 0.1) is 5.09 Å². The van der Waals surface area contributed by atoms with Gasteiger partial charge in [-0.15, -0.1) is 0 Å². The Morgan fingerprint density at radius 1 is 0.913 bits per heavy atom. The molecule has 0 fully saturated rings. The monoisotopic (exact) mass is 464 g/mol. The summed E-state index contributed by atoms with van der Waals surface area (Å²) >= 11 is 0. The summed E-state index contributed by atoms with van der Waals surface area (Å²) in [5.41, 5.74) is -2.86. The molecule has 0 aromatic rings. The number of hydrogen-bond acceptors (Lipinski definition) is 9. The second-order valence-electron chi connectivity index (χ2n) is 2.66. The van der Waals surface area contributed by atoms with E-state index < -0.39 is 41.4 Å². The molecule has 0 aliphatic rings. The first-order valence-electron chi connectivity index (χ1n) is 3.68. The minimum absolute atomic E-state index is 0. The number of nitrogens with zero attached hydrogens (tertiary/aromatic N) is 1. The summed E-state index contributed by atoms with van der Waals surface area (Å²) in [6.45, 7) is 0. The molecule has 0 atom stereocenters. The summed E-state index contributed by atoms with van der Waals surface area (Å²) in [6.07, 6.45) is -2.59. The Hall–Kier alpha value is 1.23. The SMILES string of the molecule is O.O.O=C([O-])CC(O)(CC(=O)[O-])C(=O)O.O=[N+]([O-])[O-].[Ag].[Na+].[Na+].[Na+]. The van der Waals surface area contributed by atoms with Crippen molar-refractivity contribution in [3.05, 3.63) is 15.3 Å². The molecule has 0 rings (SSSR count). The summed E-state index contributed by atoms with van der Waals surface area (Å²) < 4.78 is 0. The number of carboxylic acid groups (broad SMARTS) is 3. The van der Waals surface area contributed by atoms with Crippen molar-refractivity contribution < 1.29 is 162 Å². The van der Waals surface area contributed by atoms with Crippen LogP contribution in [0.1, 0.15) is 12.8 Å². The van der Waals surface area contributed by atoms with Gasteiger partial charge in [0.25, 0.3) is 0 Å². The van der Waals surface area contributed by atoms with E-state index in [1.165, 1.54) is 0 Å². The van der Waals surface area contributed by atoms with Crippen molar-refractivity contribution in [3.63, 3.8) is 0 Å². The van der Waals surface area contributed by atoms with Gasteiger partial charge in [0.1, 0.15) is 0 Å². The van der Waals surface area contributed by atoms with Crippen molar-refractivity contribution in [2.45, 2.75) is 18.4 Å². The Kier molecular flexibility index (Phi) is 55.0. The van der Waals surface area contributed by atoms with E-state index in [1.54, 1.807) is 0 Å². The molecular weight excluding hydrogens is 455 g/mol. The van der Waals surface area contributed by atoms with Crippen LogP contribution in [0.2, 0.25) is 0 Å². The Balaban J connectivity index is -0.0000000339. The molecule has 0 saturated heterocycles. The number of rotatable bonds is 5. The molecule has 6 N–H and O–H groups in total. The molecule has 0 amide bonds. The van der Waals surface area contributed by atoms with Gasteiger partial charge < -0.3 is 56.3 Å². The maximum absolute atomic E-state index is 10.3. The molecule has 0 unspecified atom stereocenters. The van der Waals surface area contributed by atoms with Crippen LogP contribution in [0.4, 0.5) is 0 Å². The number of carboxylic acids is 3. The fourth-order valence-corrected chi connectivity index (χ4v) is 0.691. The number of hydrogen-bond donors (Lipinski definition) is 2. The van der Waals surface area contributed by atoms with Crippen LogP contribution in [-0.2, 0) is 36.8 Å². The van der Waals surface area contributed by atoms with Gasteiger partial charge in [0.15, 0.2) is 5.60 Å². The van der Waals surface area contributed by atoms with Gasteiger partial charge in [0, 0.05) is 47.2 Å². The van der Waals surface area contributed by atoms with E-state index in [0.29, 0.717) is 0 Å². The van der Waals surface area contributed by atoms with Crippen molar-refractivity contribution in [1.29, 1.82) is 0 Å². The van der Waals surface area contributed by atoms with E-state index in [4.69, 9.17) is 25.5 Å². The Morgan fingerprint density at radius 3 is 1.17 bits per heavy atom. The molecule has 0 aromatic carbocycles. The van der Waals surface area contributed by atoms with Gasteiger partial charge in [-0.1, -0.05) is 0 Å². The van der Waals surface area contributed by atoms with E-state index in [1.807, 2.05) is 0 Å². The van der Waals surface area contributed by atoms with E-state index >= 15 is 0 Å². The molecule has 13 nitrogen and oxygen atoms in total. The number of carbonyl (C=O) groups is 3. The summed E-state index contributed by atoms with van der Waals surface area (Å²) in [5, 5.41) is 51.9. The average molecular weight is 465 g/mol. The van der Waals surface area contributed by atoms with Gasteiger partial charge in [0.2, 0.25) is 0 Å². The third kappa shape index (κ3) is 35.3. The summed E-state index contributed by atoms with van der Waals surface area (Å²) in [7, 11) is 0. The number of aliphatic hydroxyl groups is 1. The van der Waals surface area contributed by atoms with E-state index in [2.05, 4.69) is 0 Å². The zero-order valence-corrected chi connectivity index (χ0v) is 19.8. The van der Waals surface area contributed by atoms with Gasteiger partial charge in [-0.2, -0.15) is 0 Å². The maximum atomic E-state index is 10.3. The smallest absolute Gasteiger partial charge is 0.550 e. The van der Waals surface area contributed by atoms with Gasteiger partial charge >= 0.3 is 94.6 Å². The molecule has 0 aromatic heterocycles. The van der Waals surface area contributed by atoms with Gasteiger partial charge in [-0.3, -0.25) is 0 Å². The van der Waals surface area contributed by atoms with Crippen molar-refractivity contribution in [2.75, 3.05) is 0 Å². The first kappa shape index (κ1) is 49.6. The fraction of sp³-hybridized carbons (Fsp3) is 0.500. The molecule has 0 aliphatic carbocycles. The second-order valence-corrected chi connectivity index (χ2v) is 2.66. The minimum atomic E-state index is -2.86. The van der Waals surface area contributed by atoms with Gasteiger partial charge in [-0.05, 0) is 0 Å². The van der Waals surface area contributed by atoms with Crippen LogP contribution in [0.25, 0.3) is 0 Å². The molecule has 0 aliphatic heterocycles. The first-order chi connectivity index (χ1) is 7.51. The molecule has 0 bridgehead atoms. The topological polar surface area (TPSA) is 267 Å². The van der Waals surface area contributed by atoms with E-state index in [0.717, 1.165) is 0 Å². The molecule has 1 radical (unpaired) electrons. The maximum Gasteiger partial charge on any atom is 1.00 e. The largest absolute Gasteiger partial charge is 1.00 e. The molecule has 23 heavy (non-hydrogen) atoms. The van der Waals surface area contributed by atoms with Crippen molar-refractivity contribution in [2.24, 2.45) is 0 Å². The zero-order chi connectivity index (χ0) is 14.2. The van der Waals surface area contributed by atoms with Crippen LogP contribution in [-0.4, -0.2) is 49.8 Å². The average Bonchev–Trinajstić information content (AvgIpc) is 1.98. The summed E-state index contributed by atoms with van der Waals surface area (Å²) in [6, 6.07) is 0. The molecule has 17 heteroatoms. The van der Waals surface area contributed by atoms with Crippen LogP contribution in [0, 0.1) is 15.3 Å². The summed E-state index contributed by atoms with van der Waals surface area (Å²) in [4.78, 5) is 38.4. The number of carbonyl (C=O) groups excluding carboxylic acids is 2. The van der Waals surface area contributed by atoms with Crippen LogP contribution in [0.3, 0.4) is 0 Å². The Labute approximate surface area is 210 Å². The minimum Gasteiger partial charge on any atom is -0.550 e.